The van der Waals surface area contributed by atoms with Crippen LogP contribution in [0.15, 0.2) is 30.3 Å². The SMILES string of the molecule is O=C(O)C1CCCN(S(=O)(=O)C2CN(C(=O)c3ccccc3)C2)C1. The number of carbonyl (C=O) groups is 2. The van der Waals surface area contributed by atoms with Crippen LogP contribution >= 0.6 is 0 Å². The Labute approximate surface area is 140 Å². The van der Waals surface area contributed by atoms with Gasteiger partial charge < -0.3 is 10.0 Å². The fourth-order valence-corrected chi connectivity index (χ4v) is 5.07. The number of likely N-dealkylation sites (tertiary alicyclic amines) is 1. The first kappa shape index (κ1) is 16.9. The van der Waals surface area contributed by atoms with E-state index in [4.69, 9.17) is 5.11 Å². The van der Waals surface area contributed by atoms with Crippen molar-refractivity contribution in [1.82, 2.24) is 9.21 Å². The van der Waals surface area contributed by atoms with E-state index in [1.807, 2.05) is 6.07 Å². The van der Waals surface area contributed by atoms with E-state index in [9.17, 15) is 18.0 Å². The summed E-state index contributed by atoms with van der Waals surface area (Å²) in [6.07, 6.45) is 1.06. The van der Waals surface area contributed by atoms with Gasteiger partial charge in [0.15, 0.2) is 0 Å². The predicted molar refractivity (Wildman–Crippen MR) is 87.0 cm³/mol. The van der Waals surface area contributed by atoms with Gasteiger partial charge >= 0.3 is 5.97 Å². The van der Waals surface area contributed by atoms with E-state index >= 15 is 0 Å². The Balaban J connectivity index is 1.62. The van der Waals surface area contributed by atoms with E-state index < -0.39 is 27.2 Å². The highest BCUT2D eigenvalue weighted by Gasteiger charge is 2.44. The Morgan fingerprint density at radius 3 is 2.38 bits per heavy atom. The fraction of sp³-hybridized carbons (Fsp3) is 0.500. The second-order valence-electron chi connectivity index (χ2n) is 6.28. The summed E-state index contributed by atoms with van der Waals surface area (Å²) in [7, 11) is -3.56. The van der Waals surface area contributed by atoms with Gasteiger partial charge in [-0.05, 0) is 25.0 Å². The average molecular weight is 352 g/mol. The average Bonchev–Trinajstić information content (AvgIpc) is 2.54. The third kappa shape index (κ3) is 3.16. The van der Waals surface area contributed by atoms with Gasteiger partial charge in [-0.2, -0.15) is 0 Å². The molecular formula is C16H20N2O5S. The molecule has 1 aromatic rings. The maximum atomic E-state index is 12.6. The number of carboxylic acid groups (broad SMARTS) is 1. The Kier molecular flexibility index (Phi) is 4.60. The number of aliphatic carboxylic acids is 1. The molecule has 3 rings (SSSR count). The highest BCUT2D eigenvalue weighted by molar-refractivity contribution is 7.89. The molecule has 1 atom stereocenters. The summed E-state index contributed by atoms with van der Waals surface area (Å²) < 4.78 is 26.6. The molecule has 1 amide bonds. The molecule has 1 unspecified atom stereocenters. The van der Waals surface area contributed by atoms with Crippen molar-refractivity contribution in [3.63, 3.8) is 0 Å². The van der Waals surface area contributed by atoms with Crippen LogP contribution in [0.4, 0.5) is 0 Å². The van der Waals surface area contributed by atoms with Crippen molar-refractivity contribution in [2.45, 2.75) is 18.1 Å². The molecule has 2 saturated heterocycles. The number of benzene rings is 1. The molecule has 0 spiro atoms. The topological polar surface area (TPSA) is 95.0 Å². The normalized spacial score (nSPS) is 22.8. The lowest BCUT2D eigenvalue weighted by atomic mass is 10.0. The zero-order chi connectivity index (χ0) is 17.3. The highest BCUT2D eigenvalue weighted by atomic mass is 32.2. The van der Waals surface area contributed by atoms with E-state index in [-0.39, 0.29) is 25.5 Å². The Morgan fingerprint density at radius 1 is 1.08 bits per heavy atom. The van der Waals surface area contributed by atoms with Crippen molar-refractivity contribution in [2.75, 3.05) is 26.2 Å². The first-order chi connectivity index (χ1) is 11.4. The molecule has 0 saturated carbocycles. The van der Waals surface area contributed by atoms with E-state index in [0.29, 0.717) is 24.9 Å². The van der Waals surface area contributed by atoms with Crippen LogP contribution in [-0.2, 0) is 14.8 Å². The van der Waals surface area contributed by atoms with Crippen LogP contribution in [0, 0.1) is 5.92 Å². The number of hydrogen-bond donors (Lipinski definition) is 1. The minimum absolute atomic E-state index is 0.0286. The molecular weight excluding hydrogens is 332 g/mol. The van der Waals surface area contributed by atoms with Gasteiger partial charge in [0.05, 0.1) is 5.92 Å². The van der Waals surface area contributed by atoms with Gasteiger partial charge in [0.2, 0.25) is 10.0 Å². The van der Waals surface area contributed by atoms with Gasteiger partial charge in [0.1, 0.15) is 5.25 Å². The lowest BCUT2D eigenvalue weighted by Crippen LogP contribution is -2.61. The summed E-state index contributed by atoms with van der Waals surface area (Å²) in [5, 5.41) is 8.46. The smallest absolute Gasteiger partial charge is 0.307 e. The van der Waals surface area contributed by atoms with Gasteiger partial charge in [0.25, 0.3) is 5.91 Å². The summed E-state index contributed by atoms with van der Waals surface area (Å²) in [5.74, 6) is -1.77. The van der Waals surface area contributed by atoms with E-state index in [2.05, 4.69) is 0 Å². The van der Waals surface area contributed by atoms with Crippen LogP contribution in [0.3, 0.4) is 0 Å². The first-order valence-corrected chi connectivity index (χ1v) is 9.46. The summed E-state index contributed by atoms with van der Waals surface area (Å²) in [5.41, 5.74) is 0.539. The first-order valence-electron chi connectivity index (χ1n) is 7.95. The van der Waals surface area contributed by atoms with Crippen molar-refractivity contribution in [1.29, 1.82) is 0 Å². The van der Waals surface area contributed by atoms with Crippen LogP contribution in [0.1, 0.15) is 23.2 Å². The van der Waals surface area contributed by atoms with Gasteiger partial charge in [-0.3, -0.25) is 9.59 Å². The van der Waals surface area contributed by atoms with Crippen LogP contribution in [0.25, 0.3) is 0 Å². The minimum Gasteiger partial charge on any atom is -0.481 e. The molecule has 7 nitrogen and oxygen atoms in total. The maximum Gasteiger partial charge on any atom is 0.307 e. The van der Waals surface area contributed by atoms with Crippen LogP contribution in [-0.4, -0.2) is 66.0 Å². The monoisotopic (exact) mass is 352 g/mol. The molecule has 0 bridgehead atoms. The summed E-state index contributed by atoms with van der Waals surface area (Å²) >= 11 is 0. The highest BCUT2D eigenvalue weighted by Crippen LogP contribution is 2.26. The van der Waals surface area contributed by atoms with Crippen molar-refractivity contribution in [2.24, 2.45) is 5.92 Å². The Hall–Kier alpha value is -1.93. The lowest BCUT2D eigenvalue weighted by molar-refractivity contribution is -0.142. The molecule has 2 aliphatic heterocycles. The Morgan fingerprint density at radius 2 is 1.75 bits per heavy atom. The molecule has 0 aliphatic carbocycles. The quantitative estimate of drug-likeness (QED) is 0.858. The third-order valence-corrected chi connectivity index (χ3v) is 6.86. The predicted octanol–water partition coefficient (Wildman–Crippen LogP) is 0.637. The van der Waals surface area contributed by atoms with Crippen LogP contribution in [0.2, 0.25) is 0 Å². The third-order valence-electron chi connectivity index (χ3n) is 4.67. The summed E-state index contributed by atoms with van der Waals surface area (Å²) in [6.45, 7) is 0.699. The van der Waals surface area contributed by atoms with E-state index in [0.717, 1.165) is 0 Å². The number of rotatable bonds is 4. The zero-order valence-corrected chi connectivity index (χ0v) is 14.0. The maximum absolute atomic E-state index is 12.6. The standard InChI is InChI=1S/C16H20N2O5S/c19-15(12-5-2-1-3-6-12)17-10-14(11-17)24(22,23)18-8-4-7-13(9-18)16(20)21/h1-3,5-6,13-14H,4,7-11H2,(H,20,21). The van der Waals surface area contributed by atoms with Gasteiger partial charge in [-0.1, -0.05) is 18.2 Å². The van der Waals surface area contributed by atoms with Crippen molar-refractivity contribution in [3.05, 3.63) is 35.9 Å². The number of carbonyl (C=O) groups excluding carboxylic acids is 1. The van der Waals surface area contributed by atoms with Crippen molar-refractivity contribution < 1.29 is 23.1 Å². The van der Waals surface area contributed by atoms with Gasteiger partial charge in [0, 0.05) is 31.7 Å². The summed E-state index contributed by atoms with van der Waals surface area (Å²) in [6, 6.07) is 8.75. The molecule has 2 aliphatic rings. The fourth-order valence-electron chi connectivity index (χ4n) is 3.14. The van der Waals surface area contributed by atoms with Crippen molar-refractivity contribution >= 4 is 21.9 Å². The molecule has 130 valence electrons. The lowest BCUT2D eigenvalue weighted by Gasteiger charge is -2.42. The zero-order valence-electron chi connectivity index (χ0n) is 13.2. The largest absolute Gasteiger partial charge is 0.481 e. The number of sulfonamides is 1. The molecule has 0 aromatic heterocycles. The molecule has 2 heterocycles. The van der Waals surface area contributed by atoms with Gasteiger partial charge in [-0.25, -0.2) is 12.7 Å². The number of piperidine rings is 1. The summed E-state index contributed by atoms with van der Waals surface area (Å²) in [4.78, 5) is 24.9. The number of hydrogen-bond acceptors (Lipinski definition) is 4. The number of carboxylic acids is 1. The molecule has 1 N–H and O–H groups in total. The molecule has 24 heavy (non-hydrogen) atoms. The number of nitrogens with zero attached hydrogens (tertiary/aromatic N) is 2. The van der Waals surface area contributed by atoms with E-state index in [1.165, 1.54) is 9.21 Å². The molecule has 8 heteroatoms. The van der Waals surface area contributed by atoms with Crippen molar-refractivity contribution in [3.8, 4) is 0 Å². The second-order valence-corrected chi connectivity index (χ2v) is 8.49. The Bertz CT molecular complexity index is 728. The molecule has 1 aromatic carbocycles. The number of amides is 1. The second kappa shape index (κ2) is 6.52. The van der Waals surface area contributed by atoms with Crippen LogP contribution in [0.5, 0.6) is 0 Å². The van der Waals surface area contributed by atoms with E-state index in [1.54, 1.807) is 24.3 Å². The van der Waals surface area contributed by atoms with Gasteiger partial charge in [-0.15, -0.1) is 0 Å². The minimum atomic E-state index is -3.56. The molecule has 2 fully saturated rings. The van der Waals surface area contributed by atoms with Crippen LogP contribution < -0.4 is 0 Å². The molecule has 0 radical (unpaired) electrons.